The predicted molar refractivity (Wildman–Crippen MR) is 101 cm³/mol. The van der Waals surface area contributed by atoms with Gasteiger partial charge in [-0.25, -0.2) is 0 Å². The largest absolute Gasteiger partial charge is 0.493 e. The Morgan fingerprint density at radius 2 is 2.15 bits per heavy atom. The SMILES string of the molecule is CC.CN/C(=C\N)CCOc1ccc2c(c1)CNC(=O)C(CC(=O)O)C2. The number of rotatable bonds is 7. The first kappa shape index (κ1) is 21.3. The molecule has 26 heavy (non-hydrogen) atoms. The quantitative estimate of drug-likeness (QED) is 0.587. The van der Waals surface area contributed by atoms with Crippen LogP contribution in [0.2, 0.25) is 0 Å². The maximum Gasteiger partial charge on any atom is 0.304 e. The second kappa shape index (κ2) is 11.0. The molecule has 1 aliphatic rings. The normalized spacial score (nSPS) is 16.3. The molecule has 1 aliphatic heterocycles. The lowest BCUT2D eigenvalue weighted by Gasteiger charge is -2.12. The van der Waals surface area contributed by atoms with Crippen LogP contribution in [0.25, 0.3) is 0 Å². The van der Waals surface area contributed by atoms with Gasteiger partial charge in [0.05, 0.1) is 18.9 Å². The minimum Gasteiger partial charge on any atom is -0.493 e. The van der Waals surface area contributed by atoms with Crippen LogP contribution in [0.15, 0.2) is 30.1 Å². The third-order valence-corrected chi connectivity index (χ3v) is 4.05. The molecule has 2 rings (SSSR count). The number of hydrogen-bond acceptors (Lipinski definition) is 5. The Hall–Kier alpha value is -2.70. The Kier molecular flexibility index (Phi) is 9.05. The first-order chi connectivity index (χ1) is 12.5. The van der Waals surface area contributed by atoms with Crippen molar-refractivity contribution in [3.63, 3.8) is 0 Å². The van der Waals surface area contributed by atoms with Crippen LogP contribution in [0, 0.1) is 5.92 Å². The molecule has 0 aliphatic carbocycles. The van der Waals surface area contributed by atoms with Gasteiger partial charge in [0.2, 0.25) is 5.91 Å². The van der Waals surface area contributed by atoms with Gasteiger partial charge in [0.1, 0.15) is 5.75 Å². The molecule has 1 unspecified atom stereocenters. The number of fused-ring (bicyclic) bond motifs is 1. The van der Waals surface area contributed by atoms with E-state index in [0.717, 1.165) is 16.8 Å². The van der Waals surface area contributed by atoms with Crippen molar-refractivity contribution in [2.75, 3.05) is 13.7 Å². The number of aliphatic carboxylic acids is 1. The van der Waals surface area contributed by atoms with Gasteiger partial charge in [-0.15, -0.1) is 0 Å². The molecule has 1 atom stereocenters. The van der Waals surface area contributed by atoms with E-state index in [1.807, 2.05) is 32.0 Å². The number of carboxylic acids is 1. The summed E-state index contributed by atoms with van der Waals surface area (Å²) in [5, 5.41) is 14.7. The van der Waals surface area contributed by atoms with E-state index in [-0.39, 0.29) is 12.3 Å². The van der Waals surface area contributed by atoms with E-state index >= 15 is 0 Å². The summed E-state index contributed by atoms with van der Waals surface area (Å²) in [4.78, 5) is 22.9. The molecule has 1 heterocycles. The van der Waals surface area contributed by atoms with Crippen molar-refractivity contribution in [3.05, 3.63) is 41.2 Å². The zero-order valence-corrected chi connectivity index (χ0v) is 15.7. The van der Waals surface area contributed by atoms with Gasteiger partial charge >= 0.3 is 5.97 Å². The molecule has 7 nitrogen and oxygen atoms in total. The second-order valence-electron chi connectivity index (χ2n) is 5.69. The maximum absolute atomic E-state index is 12.0. The highest BCUT2D eigenvalue weighted by atomic mass is 16.5. The average molecular weight is 363 g/mol. The lowest BCUT2D eigenvalue weighted by Crippen LogP contribution is -2.30. The number of nitrogens with two attached hydrogens (primary N) is 1. The molecule has 0 saturated heterocycles. The third kappa shape index (κ3) is 6.31. The van der Waals surface area contributed by atoms with Gasteiger partial charge in [0.25, 0.3) is 0 Å². The molecule has 0 radical (unpaired) electrons. The Bertz CT molecular complexity index is 644. The lowest BCUT2D eigenvalue weighted by molar-refractivity contribution is -0.141. The molecule has 144 valence electrons. The van der Waals surface area contributed by atoms with Crippen molar-refractivity contribution < 1.29 is 19.4 Å². The highest BCUT2D eigenvalue weighted by molar-refractivity contribution is 5.84. The fraction of sp³-hybridized carbons (Fsp3) is 0.474. The number of hydrogen-bond donors (Lipinski definition) is 4. The molecule has 0 spiro atoms. The topological polar surface area (TPSA) is 114 Å². The van der Waals surface area contributed by atoms with Gasteiger partial charge in [-0.1, -0.05) is 19.9 Å². The van der Waals surface area contributed by atoms with Crippen LogP contribution in [0.3, 0.4) is 0 Å². The number of benzene rings is 1. The fourth-order valence-corrected chi connectivity index (χ4v) is 2.69. The van der Waals surface area contributed by atoms with Crippen LogP contribution in [-0.4, -0.2) is 30.6 Å². The smallest absolute Gasteiger partial charge is 0.304 e. The van der Waals surface area contributed by atoms with Gasteiger partial charge < -0.3 is 26.2 Å². The molecule has 0 aromatic heterocycles. The summed E-state index contributed by atoms with van der Waals surface area (Å²) in [6, 6.07) is 5.64. The first-order valence-electron chi connectivity index (χ1n) is 8.86. The number of carbonyl (C=O) groups excluding carboxylic acids is 1. The molecular weight excluding hydrogens is 334 g/mol. The van der Waals surface area contributed by atoms with E-state index < -0.39 is 11.9 Å². The van der Waals surface area contributed by atoms with Crippen molar-refractivity contribution in [2.24, 2.45) is 11.7 Å². The number of carboxylic acid groups (broad SMARTS) is 1. The van der Waals surface area contributed by atoms with Crippen LogP contribution in [0.5, 0.6) is 5.75 Å². The molecule has 7 heteroatoms. The zero-order valence-electron chi connectivity index (χ0n) is 15.7. The summed E-state index contributed by atoms with van der Waals surface area (Å²) in [6.45, 7) is 4.86. The van der Waals surface area contributed by atoms with Crippen molar-refractivity contribution in [3.8, 4) is 5.75 Å². The third-order valence-electron chi connectivity index (χ3n) is 4.05. The summed E-state index contributed by atoms with van der Waals surface area (Å²) < 4.78 is 5.72. The number of carbonyl (C=O) groups is 2. The summed E-state index contributed by atoms with van der Waals surface area (Å²) in [5.41, 5.74) is 8.30. The standard InChI is InChI=1S/C17H23N3O4.C2H6/c1-19-14(9-18)4-5-24-15-3-2-11-6-12(8-16(21)22)17(23)20-10-13(11)7-15;1-2/h2-3,7,9,12,19H,4-6,8,10,18H2,1H3,(H,20,23)(H,21,22);1-2H3/b14-9-;. The molecule has 0 bridgehead atoms. The molecule has 5 N–H and O–H groups in total. The molecular formula is C19H29N3O4. The molecule has 1 aromatic rings. The van der Waals surface area contributed by atoms with E-state index in [0.29, 0.717) is 31.7 Å². The van der Waals surface area contributed by atoms with E-state index in [1.165, 1.54) is 6.20 Å². The summed E-state index contributed by atoms with van der Waals surface area (Å²) in [6.07, 6.45) is 2.44. The van der Waals surface area contributed by atoms with Gasteiger partial charge in [-0.3, -0.25) is 9.59 Å². The van der Waals surface area contributed by atoms with Gasteiger partial charge in [-0.05, 0) is 29.7 Å². The Morgan fingerprint density at radius 3 is 2.77 bits per heavy atom. The first-order valence-corrected chi connectivity index (χ1v) is 8.86. The monoisotopic (exact) mass is 363 g/mol. The van der Waals surface area contributed by atoms with Gasteiger partial charge in [0.15, 0.2) is 0 Å². The Balaban J connectivity index is 0.00000163. The number of amides is 1. The molecule has 0 fully saturated rings. The van der Waals surface area contributed by atoms with E-state index in [9.17, 15) is 9.59 Å². The van der Waals surface area contributed by atoms with Crippen LogP contribution < -0.4 is 21.1 Å². The van der Waals surface area contributed by atoms with E-state index in [2.05, 4.69) is 10.6 Å². The van der Waals surface area contributed by atoms with Gasteiger partial charge in [0, 0.05) is 31.9 Å². The summed E-state index contributed by atoms with van der Waals surface area (Å²) >= 11 is 0. The lowest BCUT2D eigenvalue weighted by atomic mass is 9.94. The van der Waals surface area contributed by atoms with Crippen LogP contribution in [0.1, 0.15) is 37.8 Å². The Morgan fingerprint density at radius 1 is 1.42 bits per heavy atom. The second-order valence-corrected chi connectivity index (χ2v) is 5.69. The van der Waals surface area contributed by atoms with Crippen LogP contribution in [0.4, 0.5) is 0 Å². The maximum atomic E-state index is 12.0. The highest BCUT2D eigenvalue weighted by Crippen LogP contribution is 2.24. The van der Waals surface area contributed by atoms with Crippen LogP contribution in [-0.2, 0) is 22.6 Å². The molecule has 0 saturated carbocycles. The highest BCUT2D eigenvalue weighted by Gasteiger charge is 2.26. The van der Waals surface area contributed by atoms with Crippen molar-refractivity contribution in [2.45, 2.75) is 39.7 Å². The Labute approximate surface area is 154 Å². The molecule has 1 aromatic carbocycles. The van der Waals surface area contributed by atoms with E-state index in [1.54, 1.807) is 7.05 Å². The predicted octanol–water partition coefficient (Wildman–Crippen LogP) is 1.76. The summed E-state index contributed by atoms with van der Waals surface area (Å²) in [7, 11) is 1.80. The number of nitrogens with one attached hydrogen (secondary N) is 2. The van der Waals surface area contributed by atoms with Crippen LogP contribution >= 0.6 is 0 Å². The molecule has 1 amide bonds. The van der Waals surface area contributed by atoms with Crippen molar-refractivity contribution in [1.82, 2.24) is 10.6 Å². The zero-order chi connectivity index (χ0) is 19.5. The minimum absolute atomic E-state index is 0.165. The van der Waals surface area contributed by atoms with E-state index in [4.69, 9.17) is 15.6 Å². The van der Waals surface area contributed by atoms with Crippen molar-refractivity contribution in [1.29, 1.82) is 0 Å². The van der Waals surface area contributed by atoms with Crippen molar-refractivity contribution >= 4 is 11.9 Å². The average Bonchev–Trinajstić information content (AvgIpc) is 2.79. The minimum atomic E-state index is -0.966. The number of ether oxygens (including phenoxy) is 1. The van der Waals surface area contributed by atoms with Gasteiger partial charge in [-0.2, -0.15) is 0 Å². The summed E-state index contributed by atoms with van der Waals surface area (Å²) in [5.74, 6) is -1.01. The fourth-order valence-electron chi connectivity index (χ4n) is 2.69.